The van der Waals surface area contributed by atoms with E-state index < -0.39 is 0 Å². The molecule has 0 saturated heterocycles. The monoisotopic (exact) mass is 243 g/mol. The molecule has 0 atom stereocenters. The molecule has 94 valence electrons. The smallest absolute Gasteiger partial charge is 0.129 e. The first-order valence-corrected chi connectivity index (χ1v) is 6.12. The highest BCUT2D eigenvalue weighted by Gasteiger charge is 2.17. The molecule has 0 spiro atoms. The van der Waals surface area contributed by atoms with E-state index in [9.17, 15) is 0 Å². The summed E-state index contributed by atoms with van der Waals surface area (Å²) in [4.78, 5) is 4.42. The van der Waals surface area contributed by atoms with Gasteiger partial charge in [0.05, 0.1) is 17.4 Å². The quantitative estimate of drug-likeness (QED) is 0.641. The van der Waals surface area contributed by atoms with Crippen LogP contribution >= 0.6 is 0 Å². The number of rotatable bonds is 2. The van der Waals surface area contributed by atoms with Crippen molar-refractivity contribution in [3.8, 4) is 0 Å². The van der Waals surface area contributed by atoms with E-state index in [1.807, 2.05) is 24.8 Å². The van der Waals surface area contributed by atoms with Crippen molar-refractivity contribution in [2.75, 3.05) is 0 Å². The molecule has 0 unspecified atom stereocenters. The lowest BCUT2D eigenvalue weighted by Crippen LogP contribution is -2.45. The number of hydrogen-bond donors (Lipinski definition) is 3. The fraction of sp³-hybridized carbons (Fsp3) is 0.308. The van der Waals surface area contributed by atoms with Gasteiger partial charge in [0.25, 0.3) is 0 Å². The van der Waals surface area contributed by atoms with Crippen LogP contribution in [0.5, 0.6) is 0 Å². The summed E-state index contributed by atoms with van der Waals surface area (Å²) >= 11 is 0. The van der Waals surface area contributed by atoms with Gasteiger partial charge in [0, 0.05) is 24.5 Å². The average Bonchev–Trinajstić information content (AvgIpc) is 2.73. The third-order valence-corrected chi connectivity index (χ3v) is 3.04. The van der Waals surface area contributed by atoms with E-state index in [0.717, 1.165) is 28.5 Å². The number of nitrogens with zero attached hydrogens (tertiary/aromatic N) is 2. The standard InChI is InChI=1S/C13H17N5/c1-8(2)6-18-7-16-11-12(18)9-3-4-15-5-10(9)17-13(11)14/h3-5,7-8,15,17H,6,14H2,1-2H3. The van der Waals surface area contributed by atoms with Gasteiger partial charge in [0.1, 0.15) is 11.2 Å². The molecular formula is C13H17N5. The summed E-state index contributed by atoms with van der Waals surface area (Å²) in [7, 11) is 0. The van der Waals surface area contributed by atoms with Crippen LogP contribution in [0.3, 0.4) is 0 Å². The van der Waals surface area contributed by atoms with E-state index in [0.29, 0.717) is 11.7 Å². The minimum Gasteiger partial charge on any atom is -0.383 e. The molecule has 0 amide bonds. The zero-order valence-corrected chi connectivity index (χ0v) is 10.6. The van der Waals surface area contributed by atoms with Crippen LogP contribution in [-0.4, -0.2) is 9.55 Å². The zero-order chi connectivity index (χ0) is 12.7. The zero-order valence-electron chi connectivity index (χ0n) is 10.6. The van der Waals surface area contributed by atoms with E-state index >= 15 is 0 Å². The largest absolute Gasteiger partial charge is 0.383 e. The molecule has 5 nitrogen and oxygen atoms in total. The maximum absolute atomic E-state index is 6.02. The Kier molecular flexibility index (Phi) is 2.40. The Morgan fingerprint density at radius 3 is 3.06 bits per heavy atom. The van der Waals surface area contributed by atoms with Crippen LogP contribution in [0.1, 0.15) is 13.8 Å². The van der Waals surface area contributed by atoms with Crippen molar-refractivity contribution in [2.45, 2.75) is 20.4 Å². The summed E-state index contributed by atoms with van der Waals surface area (Å²) in [5.41, 5.74) is 8.15. The highest BCUT2D eigenvalue weighted by Crippen LogP contribution is 2.13. The first-order valence-electron chi connectivity index (χ1n) is 6.12. The van der Waals surface area contributed by atoms with Gasteiger partial charge >= 0.3 is 0 Å². The molecule has 0 saturated carbocycles. The number of imidazole rings is 1. The number of allylic oxidation sites excluding steroid dienone is 1. The van der Waals surface area contributed by atoms with Crippen molar-refractivity contribution < 1.29 is 0 Å². The van der Waals surface area contributed by atoms with Gasteiger partial charge in [-0.3, -0.25) is 0 Å². The van der Waals surface area contributed by atoms with Gasteiger partial charge in [-0.25, -0.2) is 4.98 Å². The first-order chi connectivity index (χ1) is 8.66. The fourth-order valence-electron chi connectivity index (χ4n) is 2.34. The number of nitrogens with one attached hydrogen (secondary N) is 2. The Hall–Kier alpha value is -2.17. The molecule has 2 aliphatic heterocycles. The highest BCUT2D eigenvalue weighted by molar-refractivity contribution is 5.76. The van der Waals surface area contributed by atoms with E-state index in [2.05, 4.69) is 34.0 Å². The maximum Gasteiger partial charge on any atom is 0.129 e. The van der Waals surface area contributed by atoms with Crippen molar-refractivity contribution in [1.29, 1.82) is 0 Å². The second-order valence-electron chi connectivity index (χ2n) is 5.00. The van der Waals surface area contributed by atoms with Crippen LogP contribution in [0.15, 0.2) is 30.5 Å². The molecule has 0 radical (unpaired) electrons. The van der Waals surface area contributed by atoms with Crippen LogP contribution in [-0.2, 0) is 6.54 Å². The molecule has 3 heterocycles. The van der Waals surface area contributed by atoms with Crippen molar-refractivity contribution in [1.82, 2.24) is 20.2 Å². The van der Waals surface area contributed by atoms with Crippen LogP contribution in [0.25, 0.3) is 11.4 Å². The van der Waals surface area contributed by atoms with E-state index in [1.165, 1.54) is 0 Å². The van der Waals surface area contributed by atoms with E-state index in [1.54, 1.807) is 0 Å². The fourth-order valence-corrected chi connectivity index (χ4v) is 2.34. The lowest BCUT2D eigenvalue weighted by atomic mass is 10.1. The molecule has 5 heteroatoms. The van der Waals surface area contributed by atoms with Gasteiger partial charge in [0.2, 0.25) is 0 Å². The molecule has 2 aliphatic rings. The van der Waals surface area contributed by atoms with Gasteiger partial charge in [-0.2, -0.15) is 0 Å². The van der Waals surface area contributed by atoms with Gasteiger partial charge in [-0.1, -0.05) is 13.8 Å². The number of nitrogens with two attached hydrogens (primary N) is 1. The maximum atomic E-state index is 6.02. The number of dihydropyridines is 1. The average molecular weight is 243 g/mol. The van der Waals surface area contributed by atoms with Gasteiger partial charge in [-0.15, -0.1) is 0 Å². The molecule has 0 aromatic carbocycles. The topological polar surface area (TPSA) is 67.9 Å². The van der Waals surface area contributed by atoms with Gasteiger partial charge in [0.15, 0.2) is 0 Å². The lowest BCUT2D eigenvalue weighted by Gasteiger charge is -2.19. The first kappa shape index (κ1) is 11.0. The molecule has 0 fully saturated rings. The van der Waals surface area contributed by atoms with Crippen LogP contribution in [0.4, 0.5) is 0 Å². The number of fused-ring (bicyclic) bond motifs is 2. The predicted molar refractivity (Wildman–Crippen MR) is 70.8 cm³/mol. The Balaban J connectivity index is 2.32. The summed E-state index contributed by atoms with van der Waals surface area (Å²) < 4.78 is 2.17. The van der Waals surface area contributed by atoms with Crippen LogP contribution in [0.2, 0.25) is 0 Å². The molecule has 1 aromatic heterocycles. The second-order valence-corrected chi connectivity index (χ2v) is 5.00. The Labute approximate surface area is 105 Å². The SMILES string of the molecule is CC(C)Cn1cnc2c1=C1C=CNC=C1NC=2N. The summed E-state index contributed by atoms with van der Waals surface area (Å²) in [6.45, 7) is 5.33. The van der Waals surface area contributed by atoms with Crippen molar-refractivity contribution in [3.63, 3.8) is 0 Å². The van der Waals surface area contributed by atoms with Crippen LogP contribution in [0, 0.1) is 5.92 Å². The van der Waals surface area contributed by atoms with Gasteiger partial charge in [-0.05, 0) is 12.0 Å². The number of hydrogen-bond acceptors (Lipinski definition) is 4. The highest BCUT2D eigenvalue weighted by atomic mass is 15.1. The van der Waals surface area contributed by atoms with Crippen molar-refractivity contribution >= 4 is 11.4 Å². The molecule has 18 heavy (non-hydrogen) atoms. The minimum atomic E-state index is 0.568. The third kappa shape index (κ3) is 1.59. The minimum absolute atomic E-state index is 0.568. The Bertz CT molecular complexity index is 660. The van der Waals surface area contributed by atoms with Crippen LogP contribution < -0.4 is 27.1 Å². The molecule has 0 bridgehead atoms. The van der Waals surface area contributed by atoms with Crippen molar-refractivity contribution in [3.05, 3.63) is 41.2 Å². The summed E-state index contributed by atoms with van der Waals surface area (Å²) in [6, 6.07) is 0. The molecule has 1 aromatic rings. The Morgan fingerprint density at radius 2 is 2.28 bits per heavy atom. The molecule has 0 aliphatic carbocycles. The summed E-state index contributed by atoms with van der Waals surface area (Å²) in [5.74, 6) is 1.18. The number of aromatic nitrogens is 2. The van der Waals surface area contributed by atoms with Gasteiger partial charge < -0.3 is 20.9 Å². The van der Waals surface area contributed by atoms with Crippen molar-refractivity contribution in [2.24, 2.45) is 11.7 Å². The summed E-state index contributed by atoms with van der Waals surface area (Å²) in [5, 5.41) is 8.18. The Morgan fingerprint density at radius 1 is 1.44 bits per heavy atom. The van der Waals surface area contributed by atoms with E-state index in [4.69, 9.17) is 5.73 Å². The summed E-state index contributed by atoms with van der Waals surface area (Å²) in [6.07, 6.45) is 7.74. The lowest BCUT2D eigenvalue weighted by molar-refractivity contribution is 0.514. The van der Waals surface area contributed by atoms with E-state index in [-0.39, 0.29) is 0 Å². The molecular weight excluding hydrogens is 226 g/mol. The normalized spacial score (nSPS) is 16.9. The second kappa shape index (κ2) is 3.94. The molecule has 4 N–H and O–H groups in total. The molecule has 3 rings (SSSR count). The third-order valence-electron chi connectivity index (χ3n) is 3.04. The predicted octanol–water partition coefficient (Wildman–Crippen LogP) is -0.724.